The summed E-state index contributed by atoms with van der Waals surface area (Å²) in [6.45, 7) is 4.78. The minimum Gasteiger partial charge on any atom is -0.444 e. The Labute approximate surface area is 142 Å². The topological polar surface area (TPSA) is 72.7 Å². The van der Waals surface area contributed by atoms with Crippen molar-refractivity contribution in [2.24, 2.45) is 0 Å². The zero-order chi connectivity index (χ0) is 18.9. The second-order valence-electron chi connectivity index (χ2n) is 6.94. The van der Waals surface area contributed by atoms with Crippen molar-refractivity contribution in [3.63, 3.8) is 0 Å². The van der Waals surface area contributed by atoms with Crippen molar-refractivity contribution in [3.05, 3.63) is 45.3 Å². The third-order valence-electron chi connectivity index (χ3n) is 3.97. The molecule has 0 saturated carbocycles. The molecule has 1 amide bonds. The third kappa shape index (κ3) is 4.21. The summed E-state index contributed by atoms with van der Waals surface area (Å²) in [5.41, 5.74) is -1.02. The van der Waals surface area contributed by atoms with Crippen molar-refractivity contribution in [2.45, 2.75) is 44.8 Å². The third-order valence-corrected chi connectivity index (χ3v) is 3.97. The van der Waals surface area contributed by atoms with Crippen molar-refractivity contribution in [3.8, 4) is 0 Å². The van der Waals surface area contributed by atoms with E-state index >= 15 is 0 Å². The van der Waals surface area contributed by atoms with Crippen LogP contribution in [-0.4, -0.2) is 40.6 Å². The number of rotatable bonds is 2. The zero-order valence-corrected chi connectivity index (χ0v) is 14.1. The molecule has 1 fully saturated rings. The predicted molar refractivity (Wildman–Crippen MR) is 82.3 cm³/mol. The summed E-state index contributed by atoms with van der Waals surface area (Å²) in [5, 5.41) is 11.4. The molecule has 0 radical (unpaired) electrons. The van der Waals surface area contributed by atoms with Crippen LogP contribution in [0.15, 0.2) is 12.1 Å². The molecule has 138 valence electrons. The summed E-state index contributed by atoms with van der Waals surface area (Å²) in [5.74, 6) is -5.41. The lowest BCUT2D eigenvalue weighted by Gasteiger charge is -2.35. The maximum absolute atomic E-state index is 14.0. The van der Waals surface area contributed by atoms with Crippen LogP contribution < -0.4 is 0 Å². The lowest BCUT2D eigenvalue weighted by molar-refractivity contribution is -0.529. The first-order chi connectivity index (χ1) is 11.5. The molecule has 9 heteroatoms. The highest BCUT2D eigenvalue weighted by Crippen LogP contribution is 2.33. The second-order valence-corrected chi connectivity index (χ2v) is 6.94. The van der Waals surface area contributed by atoms with Crippen molar-refractivity contribution < 1.29 is 27.6 Å². The Morgan fingerprint density at radius 3 is 2.48 bits per heavy atom. The quantitative estimate of drug-likeness (QED) is 0.460. The molecule has 1 aliphatic heterocycles. The van der Waals surface area contributed by atoms with Gasteiger partial charge in [0, 0.05) is 17.0 Å². The van der Waals surface area contributed by atoms with E-state index in [-0.39, 0.29) is 25.1 Å². The zero-order valence-electron chi connectivity index (χ0n) is 14.1. The van der Waals surface area contributed by atoms with Gasteiger partial charge in [0.05, 0.1) is 12.5 Å². The van der Waals surface area contributed by atoms with Crippen molar-refractivity contribution in [1.82, 2.24) is 4.90 Å². The van der Waals surface area contributed by atoms with Crippen LogP contribution in [0.3, 0.4) is 0 Å². The van der Waals surface area contributed by atoms with Gasteiger partial charge in [0.25, 0.3) is 0 Å². The molecule has 25 heavy (non-hydrogen) atoms. The summed E-state index contributed by atoms with van der Waals surface area (Å²) in [7, 11) is 0. The van der Waals surface area contributed by atoms with E-state index < -0.39 is 46.0 Å². The maximum atomic E-state index is 14.0. The number of piperidine rings is 1. The molecule has 1 saturated heterocycles. The van der Waals surface area contributed by atoms with Gasteiger partial charge in [-0.3, -0.25) is 10.1 Å². The standard InChI is InChI=1S/C16H19F3N2O4/c1-16(2,3)25-15(22)20-7-6-9(12(8-20)21(23)24)10-4-5-11(17)14(19)13(10)18/h4-5,9,12H,6-8H2,1-3H3/t9-,12+/m0/s1. The Hall–Kier alpha value is -2.32. The van der Waals surface area contributed by atoms with Gasteiger partial charge < -0.3 is 9.64 Å². The van der Waals surface area contributed by atoms with Crippen LogP contribution in [0.4, 0.5) is 18.0 Å². The summed E-state index contributed by atoms with van der Waals surface area (Å²) in [4.78, 5) is 24.0. The molecule has 6 nitrogen and oxygen atoms in total. The highest BCUT2D eigenvalue weighted by molar-refractivity contribution is 5.68. The molecule has 0 aromatic heterocycles. The van der Waals surface area contributed by atoms with Gasteiger partial charge in [-0.2, -0.15) is 0 Å². The number of amides is 1. The molecule has 0 bridgehead atoms. The number of halogens is 3. The van der Waals surface area contributed by atoms with Crippen molar-refractivity contribution in [2.75, 3.05) is 13.1 Å². The number of ether oxygens (including phenoxy) is 1. The largest absolute Gasteiger partial charge is 0.444 e. The fourth-order valence-corrected chi connectivity index (χ4v) is 2.83. The first-order valence-corrected chi connectivity index (χ1v) is 7.76. The van der Waals surface area contributed by atoms with Gasteiger partial charge in [-0.1, -0.05) is 6.07 Å². The Morgan fingerprint density at radius 1 is 1.28 bits per heavy atom. The molecule has 2 atom stereocenters. The van der Waals surface area contributed by atoms with E-state index in [0.717, 1.165) is 12.1 Å². The van der Waals surface area contributed by atoms with Gasteiger partial charge >= 0.3 is 6.09 Å². The summed E-state index contributed by atoms with van der Waals surface area (Å²) in [6.07, 6.45) is -0.670. The van der Waals surface area contributed by atoms with Gasteiger partial charge in [0.1, 0.15) is 5.60 Å². The Balaban J connectivity index is 2.25. The van der Waals surface area contributed by atoms with Crippen LogP contribution in [0.5, 0.6) is 0 Å². The molecule has 0 N–H and O–H groups in total. The van der Waals surface area contributed by atoms with E-state index in [2.05, 4.69) is 0 Å². The molecule has 0 aliphatic carbocycles. The molecule has 1 heterocycles. The molecule has 1 aliphatic rings. The minimum atomic E-state index is -1.66. The number of nitrogens with zero attached hydrogens (tertiary/aromatic N) is 2. The fraction of sp³-hybridized carbons (Fsp3) is 0.562. The number of carbonyl (C=O) groups excluding carboxylic acids is 1. The van der Waals surface area contributed by atoms with Gasteiger partial charge in [-0.05, 0) is 33.3 Å². The van der Waals surface area contributed by atoms with Gasteiger partial charge in [-0.15, -0.1) is 0 Å². The first kappa shape index (κ1) is 19.0. The molecule has 0 spiro atoms. The number of likely N-dealkylation sites (tertiary alicyclic amines) is 1. The summed E-state index contributed by atoms with van der Waals surface area (Å²) in [6, 6.07) is 0.406. The average molecular weight is 360 g/mol. The van der Waals surface area contributed by atoms with Gasteiger partial charge in [0.2, 0.25) is 6.04 Å². The van der Waals surface area contributed by atoms with Crippen LogP contribution in [0.2, 0.25) is 0 Å². The highest BCUT2D eigenvalue weighted by atomic mass is 19.2. The smallest absolute Gasteiger partial charge is 0.410 e. The number of nitro groups is 1. The monoisotopic (exact) mass is 360 g/mol. The van der Waals surface area contributed by atoms with Gasteiger partial charge in [-0.25, -0.2) is 18.0 Å². The number of hydrogen-bond acceptors (Lipinski definition) is 4. The van der Waals surface area contributed by atoms with E-state index in [1.54, 1.807) is 20.8 Å². The van der Waals surface area contributed by atoms with Crippen LogP contribution in [-0.2, 0) is 4.74 Å². The van der Waals surface area contributed by atoms with Crippen LogP contribution >= 0.6 is 0 Å². The van der Waals surface area contributed by atoms with E-state index in [1.165, 1.54) is 4.90 Å². The normalized spacial score (nSPS) is 21.1. The lowest BCUT2D eigenvalue weighted by Crippen LogP contribution is -2.50. The minimum absolute atomic E-state index is 0.0346. The molecule has 2 rings (SSSR count). The highest BCUT2D eigenvalue weighted by Gasteiger charge is 2.42. The van der Waals surface area contributed by atoms with Crippen LogP contribution in [0.25, 0.3) is 0 Å². The van der Waals surface area contributed by atoms with Crippen LogP contribution in [0, 0.1) is 27.6 Å². The van der Waals surface area contributed by atoms with Gasteiger partial charge in [0.15, 0.2) is 17.5 Å². The van der Waals surface area contributed by atoms with E-state index in [0.29, 0.717) is 0 Å². The first-order valence-electron chi connectivity index (χ1n) is 7.76. The average Bonchev–Trinajstić information content (AvgIpc) is 2.50. The summed E-state index contributed by atoms with van der Waals surface area (Å²) >= 11 is 0. The number of benzene rings is 1. The molecular formula is C16H19F3N2O4. The predicted octanol–water partition coefficient (Wildman–Crippen LogP) is 3.47. The molecule has 0 unspecified atom stereocenters. The molecular weight excluding hydrogens is 341 g/mol. The van der Waals surface area contributed by atoms with Crippen LogP contribution in [0.1, 0.15) is 38.7 Å². The maximum Gasteiger partial charge on any atom is 0.410 e. The number of hydrogen-bond donors (Lipinski definition) is 0. The van der Waals surface area contributed by atoms with Crippen molar-refractivity contribution >= 4 is 6.09 Å². The Kier molecular flexibility index (Phi) is 5.24. The van der Waals surface area contributed by atoms with E-state index in [1.807, 2.05) is 0 Å². The lowest BCUT2D eigenvalue weighted by atomic mass is 9.85. The van der Waals surface area contributed by atoms with E-state index in [9.17, 15) is 28.1 Å². The molecule has 1 aromatic rings. The fourth-order valence-electron chi connectivity index (χ4n) is 2.83. The summed E-state index contributed by atoms with van der Waals surface area (Å²) < 4.78 is 45.8. The number of carbonyl (C=O) groups is 1. The SMILES string of the molecule is CC(C)(C)OC(=O)N1CC[C@@H](c2ccc(F)c(F)c2F)[C@H]([N+](=O)[O-])C1. The Bertz CT molecular complexity index is 691. The Morgan fingerprint density at radius 2 is 1.92 bits per heavy atom. The van der Waals surface area contributed by atoms with E-state index in [4.69, 9.17) is 4.74 Å². The molecule has 1 aromatic carbocycles. The second kappa shape index (κ2) is 6.89. The van der Waals surface area contributed by atoms with Crippen molar-refractivity contribution in [1.29, 1.82) is 0 Å².